The minimum absolute atomic E-state index is 0.131. The summed E-state index contributed by atoms with van der Waals surface area (Å²) < 4.78 is 2.14. The highest BCUT2D eigenvalue weighted by atomic mass is 16.1. The maximum atomic E-state index is 11.6. The molecular formula is C14H24N4O. The zero-order chi connectivity index (χ0) is 13.5. The Bertz CT molecular complexity index is 396. The molecule has 0 atom stereocenters. The maximum Gasteiger partial charge on any atom is 0.221 e. The second kappa shape index (κ2) is 7.28. The highest BCUT2D eigenvalue weighted by Crippen LogP contribution is 2.24. The number of imidazole rings is 1. The summed E-state index contributed by atoms with van der Waals surface area (Å²) in [6.07, 6.45) is 7.65. The highest BCUT2D eigenvalue weighted by Gasteiger charge is 2.18. The van der Waals surface area contributed by atoms with E-state index in [1.165, 1.54) is 5.69 Å². The number of carbonyl (C=O) groups is 1. The summed E-state index contributed by atoms with van der Waals surface area (Å²) in [5, 5.41) is 6.29. The van der Waals surface area contributed by atoms with E-state index < -0.39 is 0 Å². The Morgan fingerprint density at radius 3 is 3.05 bits per heavy atom. The number of rotatable bonds is 6. The predicted molar refractivity (Wildman–Crippen MR) is 75.0 cm³/mol. The molecule has 5 nitrogen and oxygen atoms in total. The molecule has 5 heteroatoms. The summed E-state index contributed by atoms with van der Waals surface area (Å²) in [6.45, 7) is 5.71. The Hall–Kier alpha value is -1.36. The average molecular weight is 264 g/mol. The molecule has 2 rings (SSSR count). The SMILES string of the molecule is CCCNC(=O)CCn1cncc1C1CCNCC1. The molecule has 0 radical (unpaired) electrons. The second-order valence-corrected chi connectivity index (χ2v) is 5.14. The molecule has 106 valence electrons. The summed E-state index contributed by atoms with van der Waals surface area (Å²) in [5.74, 6) is 0.717. The van der Waals surface area contributed by atoms with Crippen LogP contribution in [0.3, 0.4) is 0 Å². The molecule has 1 saturated heterocycles. The van der Waals surface area contributed by atoms with Crippen LogP contribution in [0.25, 0.3) is 0 Å². The van der Waals surface area contributed by atoms with Crippen LogP contribution in [-0.2, 0) is 11.3 Å². The molecule has 0 bridgehead atoms. The normalized spacial score (nSPS) is 16.5. The summed E-state index contributed by atoms with van der Waals surface area (Å²) in [4.78, 5) is 15.9. The van der Waals surface area contributed by atoms with Gasteiger partial charge in [0.25, 0.3) is 0 Å². The highest BCUT2D eigenvalue weighted by molar-refractivity contribution is 5.75. The Labute approximate surface area is 114 Å². The molecule has 0 spiro atoms. The number of carbonyl (C=O) groups excluding carboxylic acids is 1. The van der Waals surface area contributed by atoms with Gasteiger partial charge in [-0.15, -0.1) is 0 Å². The second-order valence-electron chi connectivity index (χ2n) is 5.14. The first kappa shape index (κ1) is 14.1. The fraction of sp³-hybridized carbons (Fsp3) is 0.714. The smallest absolute Gasteiger partial charge is 0.221 e. The van der Waals surface area contributed by atoms with E-state index in [1.54, 1.807) is 0 Å². The number of aryl methyl sites for hydroxylation is 1. The van der Waals surface area contributed by atoms with E-state index in [0.717, 1.165) is 45.4 Å². The van der Waals surface area contributed by atoms with Crippen molar-refractivity contribution in [1.82, 2.24) is 20.2 Å². The lowest BCUT2D eigenvalue weighted by Crippen LogP contribution is -2.28. The number of piperidine rings is 1. The molecule has 1 aromatic rings. The third-order valence-electron chi connectivity index (χ3n) is 3.65. The van der Waals surface area contributed by atoms with Crippen molar-refractivity contribution in [3.63, 3.8) is 0 Å². The van der Waals surface area contributed by atoms with Gasteiger partial charge >= 0.3 is 0 Å². The summed E-state index contributed by atoms with van der Waals surface area (Å²) in [5.41, 5.74) is 1.28. The minimum Gasteiger partial charge on any atom is -0.356 e. The van der Waals surface area contributed by atoms with E-state index in [2.05, 4.69) is 27.1 Å². The molecule has 19 heavy (non-hydrogen) atoms. The molecule has 2 N–H and O–H groups in total. The van der Waals surface area contributed by atoms with Crippen molar-refractivity contribution in [3.05, 3.63) is 18.2 Å². The zero-order valence-electron chi connectivity index (χ0n) is 11.7. The topological polar surface area (TPSA) is 59.0 Å². The number of hydrogen-bond acceptors (Lipinski definition) is 3. The number of nitrogens with zero attached hydrogens (tertiary/aromatic N) is 2. The van der Waals surface area contributed by atoms with Crippen LogP contribution in [0.1, 0.15) is 44.2 Å². The number of hydrogen-bond donors (Lipinski definition) is 2. The number of nitrogens with one attached hydrogen (secondary N) is 2. The van der Waals surface area contributed by atoms with Gasteiger partial charge in [0.1, 0.15) is 0 Å². The Kier molecular flexibility index (Phi) is 5.39. The van der Waals surface area contributed by atoms with Crippen LogP contribution in [-0.4, -0.2) is 35.1 Å². The molecule has 1 fully saturated rings. The number of aromatic nitrogens is 2. The summed E-state index contributed by atoms with van der Waals surface area (Å²) >= 11 is 0. The number of amides is 1. The van der Waals surface area contributed by atoms with Crippen molar-refractivity contribution < 1.29 is 4.79 Å². The molecule has 0 aliphatic carbocycles. The Morgan fingerprint density at radius 1 is 1.53 bits per heavy atom. The van der Waals surface area contributed by atoms with E-state index in [4.69, 9.17) is 0 Å². The fourth-order valence-corrected chi connectivity index (χ4v) is 2.55. The van der Waals surface area contributed by atoms with E-state index >= 15 is 0 Å². The van der Waals surface area contributed by atoms with Crippen LogP contribution >= 0.6 is 0 Å². The van der Waals surface area contributed by atoms with Crippen LogP contribution in [0.4, 0.5) is 0 Å². The van der Waals surface area contributed by atoms with Crippen LogP contribution in [0.15, 0.2) is 12.5 Å². The van der Waals surface area contributed by atoms with Gasteiger partial charge in [0, 0.05) is 37.3 Å². The van der Waals surface area contributed by atoms with Crippen molar-refractivity contribution in [1.29, 1.82) is 0 Å². The van der Waals surface area contributed by atoms with Crippen molar-refractivity contribution >= 4 is 5.91 Å². The van der Waals surface area contributed by atoms with Crippen LogP contribution in [0.5, 0.6) is 0 Å². The van der Waals surface area contributed by atoms with Gasteiger partial charge in [0.05, 0.1) is 6.33 Å². The van der Waals surface area contributed by atoms with E-state index in [1.807, 2.05) is 12.5 Å². The van der Waals surface area contributed by atoms with E-state index in [9.17, 15) is 4.79 Å². The van der Waals surface area contributed by atoms with Crippen molar-refractivity contribution in [2.75, 3.05) is 19.6 Å². The van der Waals surface area contributed by atoms with Gasteiger partial charge in [-0.2, -0.15) is 0 Å². The van der Waals surface area contributed by atoms with Gasteiger partial charge < -0.3 is 15.2 Å². The first-order valence-electron chi connectivity index (χ1n) is 7.28. The molecule has 0 saturated carbocycles. The quantitative estimate of drug-likeness (QED) is 0.813. The van der Waals surface area contributed by atoms with Crippen molar-refractivity contribution in [3.8, 4) is 0 Å². The first-order valence-corrected chi connectivity index (χ1v) is 7.28. The van der Waals surface area contributed by atoms with E-state index in [0.29, 0.717) is 12.3 Å². The van der Waals surface area contributed by atoms with Gasteiger partial charge in [-0.1, -0.05) is 6.92 Å². The molecule has 1 amide bonds. The van der Waals surface area contributed by atoms with Crippen molar-refractivity contribution in [2.24, 2.45) is 0 Å². The third-order valence-corrected chi connectivity index (χ3v) is 3.65. The predicted octanol–water partition coefficient (Wildman–Crippen LogP) is 1.27. The largest absolute Gasteiger partial charge is 0.356 e. The third kappa shape index (κ3) is 4.06. The Balaban J connectivity index is 1.86. The van der Waals surface area contributed by atoms with Gasteiger partial charge in [-0.25, -0.2) is 4.98 Å². The van der Waals surface area contributed by atoms with Crippen LogP contribution in [0, 0.1) is 0 Å². The van der Waals surface area contributed by atoms with Gasteiger partial charge in [0.15, 0.2) is 0 Å². The zero-order valence-corrected chi connectivity index (χ0v) is 11.7. The molecule has 1 aliphatic rings. The summed E-state index contributed by atoms with van der Waals surface area (Å²) in [7, 11) is 0. The lowest BCUT2D eigenvalue weighted by Gasteiger charge is -2.23. The molecule has 0 aromatic carbocycles. The van der Waals surface area contributed by atoms with Gasteiger partial charge in [-0.05, 0) is 32.4 Å². The standard InChI is InChI=1S/C14H24N4O/c1-2-6-17-14(19)5-9-18-11-16-10-13(18)12-3-7-15-8-4-12/h10-12,15H,2-9H2,1H3,(H,17,19). The summed E-state index contributed by atoms with van der Waals surface area (Å²) in [6, 6.07) is 0. The molecule has 2 heterocycles. The fourth-order valence-electron chi connectivity index (χ4n) is 2.55. The van der Waals surface area contributed by atoms with Gasteiger partial charge in [-0.3, -0.25) is 4.79 Å². The van der Waals surface area contributed by atoms with Gasteiger partial charge in [0.2, 0.25) is 5.91 Å². The first-order chi connectivity index (χ1) is 9.31. The lowest BCUT2D eigenvalue weighted by molar-refractivity contribution is -0.121. The maximum absolute atomic E-state index is 11.6. The van der Waals surface area contributed by atoms with Crippen LogP contribution < -0.4 is 10.6 Å². The van der Waals surface area contributed by atoms with Crippen LogP contribution in [0.2, 0.25) is 0 Å². The minimum atomic E-state index is 0.131. The molecule has 1 aliphatic heterocycles. The molecule has 1 aromatic heterocycles. The van der Waals surface area contributed by atoms with E-state index in [-0.39, 0.29) is 5.91 Å². The molecule has 0 unspecified atom stereocenters. The monoisotopic (exact) mass is 264 g/mol. The Morgan fingerprint density at radius 2 is 2.32 bits per heavy atom. The molecular weight excluding hydrogens is 240 g/mol. The lowest BCUT2D eigenvalue weighted by atomic mass is 9.95. The average Bonchev–Trinajstić information content (AvgIpc) is 2.92. The van der Waals surface area contributed by atoms with Crippen molar-refractivity contribution in [2.45, 2.75) is 45.1 Å².